The molecule has 52 heavy (non-hydrogen) atoms. The van der Waals surface area contributed by atoms with Gasteiger partial charge < -0.3 is 30.5 Å². The van der Waals surface area contributed by atoms with E-state index in [1.807, 2.05) is 60.7 Å². The number of ether oxygens (including phenoxy) is 2. The average molecular weight is 739 g/mol. The number of rotatable bonds is 18. The van der Waals surface area contributed by atoms with Gasteiger partial charge in [0.15, 0.2) is 0 Å². The second-order valence-electron chi connectivity index (χ2n) is 12.4. The SMILES string of the molecule is CO[C@@H](CNCc1ccccc1)C[C@H](O)[C@H](COc1cc(F)cc(F)c1)NC(=O)c1cc(C(=O)N[C@H](C)c2ccccc2)cc(N(C)S(C)(=O)=O)c1. The molecule has 0 bridgehead atoms. The van der Waals surface area contributed by atoms with Crippen LogP contribution in [0, 0.1) is 11.6 Å². The van der Waals surface area contributed by atoms with Crippen molar-refractivity contribution >= 4 is 27.5 Å². The van der Waals surface area contributed by atoms with Crippen molar-refractivity contribution in [3.8, 4) is 5.75 Å². The molecule has 0 unspecified atom stereocenters. The van der Waals surface area contributed by atoms with Crippen LogP contribution in [0.1, 0.15) is 51.2 Å². The molecule has 0 radical (unpaired) electrons. The lowest BCUT2D eigenvalue weighted by Gasteiger charge is -2.28. The fraction of sp³-hybridized carbons (Fsp3) is 0.316. The number of nitrogens with one attached hydrogen (secondary N) is 3. The van der Waals surface area contributed by atoms with E-state index in [9.17, 15) is 31.9 Å². The van der Waals surface area contributed by atoms with Crippen LogP contribution >= 0.6 is 0 Å². The number of carbonyl (C=O) groups is 2. The van der Waals surface area contributed by atoms with Gasteiger partial charge in [-0.15, -0.1) is 0 Å². The van der Waals surface area contributed by atoms with Crippen LogP contribution in [0.25, 0.3) is 0 Å². The Morgan fingerprint density at radius 1 is 0.865 bits per heavy atom. The highest BCUT2D eigenvalue weighted by molar-refractivity contribution is 7.92. The van der Waals surface area contributed by atoms with Crippen LogP contribution in [0.15, 0.2) is 97.1 Å². The summed E-state index contributed by atoms with van der Waals surface area (Å²) in [7, 11) is -1.03. The molecular weight excluding hydrogens is 695 g/mol. The van der Waals surface area contributed by atoms with Gasteiger partial charge in [-0.25, -0.2) is 17.2 Å². The largest absolute Gasteiger partial charge is 0.491 e. The quantitative estimate of drug-likeness (QED) is 0.116. The topological polar surface area (TPSA) is 146 Å². The van der Waals surface area contributed by atoms with Crippen molar-refractivity contribution in [2.75, 3.05) is 37.9 Å². The molecule has 11 nitrogen and oxygen atoms in total. The Kier molecular flexibility index (Phi) is 14.2. The van der Waals surface area contributed by atoms with Crippen molar-refractivity contribution in [3.05, 3.63) is 131 Å². The molecule has 2 amide bonds. The second-order valence-corrected chi connectivity index (χ2v) is 14.4. The van der Waals surface area contributed by atoms with Gasteiger partial charge in [0.05, 0.1) is 36.2 Å². The van der Waals surface area contributed by atoms with E-state index in [4.69, 9.17) is 9.47 Å². The number of benzene rings is 4. The summed E-state index contributed by atoms with van der Waals surface area (Å²) in [4.78, 5) is 27.3. The van der Waals surface area contributed by atoms with E-state index < -0.39 is 64.4 Å². The van der Waals surface area contributed by atoms with Gasteiger partial charge in [-0.2, -0.15) is 0 Å². The van der Waals surface area contributed by atoms with Crippen molar-refractivity contribution in [2.24, 2.45) is 0 Å². The Labute approximate surface area is 303 Å². The number of aliphatic hydroxyl groups excluding tert-OH is 1. The molecule has 4 N–H and O–H groups in total. The molecule has 4 atom stereocenters. The molecular formula is C38H44F2N4O7S. The Hall–Kier alpha value is -4.89. The predicted octanol–water partition coefficient (Wildman–Crippen LogP) is 4.58. The highest BCUT2D eigenvalue weighted by Crippen LogP contribution is 2.23. The normalized spacial score (nSPS) is 13.8. The molecule has 0 saturated carbocycles. The maximum atomic E-state index is 13.9. The summed E-state index contributed by atoms with van der Waals surface area (Å²) in [5.74, 6) is -3.25. The molecule has 0 aliphatic heterocycles. The van der Waals surface area contributed by atoms with Crippen LogP contribution in [0.4, 0.5) is 14.5 Å². The first-order valence-electron chi connectivity index (χ1n) is 16.5. The zero-order valence-corrected chi connectivity index (χ0v) is 30.2. The van der Waals surface area contributed by atoms with Crippen molar-refractivity contribution in [1.29, 1.82) is 0 Å². The standard InChI is InChI=1S/C38H44F2N4O7S/c1-25(27-13-9-6-10-14-27)42-37(46)28-15-29(17-32(16-28)44(2)52(4,48)49)38(47)43-35(24-51-33-19-30(39)18-31(40)20-33)36(45)21-34(50-3)23-41-22-26-11-7-5-8-12-26/h5-20,25,34-36,41,45H,21-24H2,1-4H3,(H,42,46)(H,43,47)/t25-,34-,35+,36+/m1/s1. The molecule has 0 heterocycles. The Bertz CT molecular complexity index is 1880. The summed E-state index contributed by atoms with van der Waals surface area (Å²) >= 11 is 0. The maximum Gasteiger partial charge on any atom is 0.251 e. The molecule has 0 aliphatic carbocycles. The number of anilines is 1. The van der Waals surface area contributed by atoms with E-state index >= 15 is 0 Å². The van der Waals surface area contributed by atoms with E-state index in [2.05, 4.69) is 16.0 Å². The van der Waals surface area contributed by atoms with Crippen molar-refractivity contribution in [1.82, 2.24) is 16.0 Å². The van der Waals surface area contributed by atoms with E-state index in [-0.39, 0.29) is 29.0 Å². The zero-order chi connectivity index (χ0) is 37.8. The Balaban J connectivity index is 1.58. The first-order valence-corrected chi connectivity index (χ1v) is 18.4. The molecule has 4 aromatic carbocycles. The van der Waals surface area contributed by atoms with Crippen LogP contribution in [-0.2, 0) is 21.3 Å². The van der Waals surface area contributed by atoms with E-state index in [1.54, 1.807) is 6.92 Å². The lowest BCUT2D eigenvalue weighted by atomic mass is 10.0. The fourth-order valence-electron chi connectivity index (χ4n) is 5.32. The van der Waals surface area contributed by atoms with Gasteiger partial charge >= 0.3 is 0 Å². The molecule has 0 fully saturated rings. The van der Waals surface area contributed by atoms with E-state index in [0.717, 1.165) is 33.8 Å². The van der Waals surface area contributed by atoms with Crippen LogP contribution in [0.2, 0.25) is 0 Å². The number of sulfonamides is 1. The average Bonchev–Trinajstić information content (AvgIpc) is 3.12. The lowest BCUT2D eigenvalue weighted by molar-refractivity contribution is 0.0205. The molecule has 0 spiro atoms. The van der Waals surface area contributed by atoms with Gasteiger partial charge in [-0.3, -0.25) is 13.9 Å². The number of hydrogen-bond acceptors (Lipinski definition) is 8. The van der Waals surface area contributed by atoms with Crippen LogP contribution in [0.3, 0.4) is 0 Å². The first-order chi connectivity index (χ1) is 24.7. The lowest BCUT2D eigenvalue weighted by Crippen LogP contribution is -2.49. The molecule has 4 rings (SSSR count). The number of carbonyl (C=O) groups excluding carboxylic acids is 2. The molecule has 4 aromatic rings. The number of amides is 2. The van der Waals surface area contributed by atoms with E-state index in [0.29, 0.717) is 19.2 Å². The highest BCUT2D eigenvalue weighted by Gasteiger charge is 2.28. The summed E-state index contributed by atoms with van der Waals surface area (Å²) in [6, 6.07) is 23.9. The third-order valence-corrected chi connectivity index (χ3v) is 9.58. The van der Waals surface area contributed by atoms with Gasteiger partial charge in [-0.1, -0.05) is 60.7 Å². The van der Waals surface area contributed by atoms with E-state index in [1.165, 1.54) is 32.4 Å². The van der Waals surface area contributed by atoms with Crippen molar-refractivity contribution < 1.29 is 41.4 Å². The summed E-state index contributed by atoms with van der Waals surface area (Å²) < 4.78 is 65.0. The predicted molar refractivity (Wildman–Crippen MR) is 195 cm³/mol. The smallest absolute Gasteiger partial charge is 0.251 e. The van der Waals surface area contributed by atoms with Gasteiger partial charge in [0.1, 0.15) is 24.0 Å². The summed E-state index contributed by atoms with van der Waals surface area (Å²) in [5, 5.41) is 20.3. The molecule has 14 heteroatoms. The summed E-state index contributed by atoms with van der Waals surface area (Å²) in [6.07, 6.45) is -0.802. The first kappa shape index (κ1) is 39.9. The number of hydrogen-bond donors (Lipinski definition) is 4. The van der Waals surface area contributed by atoms with Gasteiger partial charge in [0, 0.05) is 63.0 Å². The minimum atomic E-state index is -3.80. The second kappa shape index (κ2) is 18.6. The number of methoxy groups -OCH3 is 1. The van der Waals surface area contributed by atoms with Gasteiger partial charge in [0.25, 0.3) is 11.8 Å². The minimum absolute atomic E-state index is 0.00783. The Morgan fingerprint density at radius 2 is 1.44 bits per heavy atom. The van der Waals surface area contributed by atoms with Crippen molar-refractivity contribution in [2.45, 2.75) is 44.2 Å². The highest BCUT2D eigenvalue weighted by atomic mass is 32.2. The number of halogens is 2. The van der Waals surface area contributed by atoms with Crippen LogP contribution in [-0.4, -0.2) is 77.2 Å². The fourth-order valence-corrected chi connectivity index (χ4v) is 5.81. The Morgan fingerprint density at radius 3 is 2.02 bits per heavy atom. The van der Waals surface area contributed by atoms with Crippen molar-refractivity contribution in [3.63, 3.8) is 0 Å². The third-order valence-electron chi connectivity index (χ3n) is 8.38. The molecule has 0 aliphatic rings. The molecule has 0 aromatic heterocycles. The minimum Gasteiger partial charge on any atom is -0.491 e. The van der Waals surface area contributed by atoms with Gasteiger partial charge in [-0.05, 0) is 36.2 Å². The summed E-state index contributed by atoms with van der Waals surface area (Å²) in [5.41, 5.74) is 1.84. The number of nitrogens with zero attached hydrogens (tertiary/aromatic N) is 1. The van der Waals surface area contributed by atoms with Crippen LogP contribution < -0.4 is 25.0 Å². The number of aliphatic hydroxyl groups is 1. The summed E-state index contributed by atoms with van der Waals surface area (Å²) in [6.45, 7) is 2.27. The molecule has 0 saturated heterocycles. The monoisotopic (exact) mass is 738 g/mol. The third kappa shape index (κ3) is 11.8. The maximum absolute atomic E-state index is 13.9. The molecule has 278 valence electrons. The van der Waals surface area contributed by atoms with Gasteiger partial charge in [0.2, 0.25) is 10.0 Å². The zero-order valence-electron chi connectivity index (χ0n) is 29.4. The van der Waals surface area contributed by atoms with Crippen LogP contribution in [0.5, 0.6) is 5.75 Å².